The maximum absolute atomic E-state index is 11.4. The first-order chi connectivity index (χ1) is 6.20. The van der Waals surface area contributed by atoms with Gasteiger partial charge in [0.1, 0.15) is 5.71 Å². The second-order valence-electron chi connectivity index (χ2n) is 2.89. The molecule has 1 aromatic rings. The van der Waals surface area contributed by atoms with Gasteiger partial charge < -0.3 is 5.73 Å². The van der Waals surface area contributed by atoms with E-state index in [4.69, 9.17) is 11.1 Å². The SMILES string of the molecule is N=C1C=C(N)c2ccccc2C1=O. The van der Waals surface area contributed by atoms with Crippen LogP contribution in [0.3, 0.4) is 0 Å². The molecule has 13 heavy (non-hydrogen) atoms. The maximum Gasteiger partial charge on any atom is 0.211 e. The number of nitrogens with two attached hydrogens (primary N) is 1. The average molecular weight is 172 g/mol. The summed E-state index contributed by atoms with van der Waals surface area (Å²) in [5.74, 6) is -0.259. The van der Waals surface area contributed by atoms with Crippen molar-refractivity contribution in [3.63, 3.8) is 0 Å². The molecule has 1 aromatic carbocycles. The monoisotopic (exact) mass is 172 g/mol. The van der Waals surface area contributed by atoms with E-state index in [9.17, 15) is 4.79 Å². The number of fused-ring (bicyclic) bond motifs is 1. The summed E-state index contributed by atoms with van der Waals surface area (Å²) in [6.45, 7) is 0. The summed E-state index contributed by atoms with van der Waals surface area (Å²) in [4.78, 5) is 11.4. The molecule has 0 atom stereocenters. The third kappa shape index (κ3) is 1.05. The summed E-state index contributed by atoms with van der Waals surface area (Å²) in [5.41, 5.74) is 7.35. The maximum atomic E-state index is 11.4. The van der Waals surface area contributed by atoms with Gasteiger partial charge in [-0.15, -0.1) is 0 Å². The Hall–Kier alpha value is -1.90. The van der Waals surface area contributed by atoms with E-state index in [2.05, 4.69) is 0 Å². The number of ketones is 1. The Bertz CT molecular complexity index is 432. The van der Waals surface area contributed by atoms with Gasteiger partial charge in [0.25, 0.3) is 0 Å². The minimum atomic E-state index is -0.259. The van der Waals surface area contributed by atoms with Crippen LogP contribution in [0.1, 0.15) is 15.9 Å². The van der Waals surface area contributed by atoms with E-state index >= 15 is 0 Å². The van der Waals surface area contributed by atoms with Crippen LogP contribution in [-0.4, -0.2) is 11.5 Å². The summed E-state index contributed by atoms with van der Waals surface area (Å²) in [7, 11) is 0. The summed E-state index contributed by atoms with van der Waals surface area (Å²) in [6.07, 6.45) is 1.39. The van der Waals surface area contributed by atoms with E-state index < -0.39 is 0 Å². The lowest BCUT2D eigenvalue weighted by atomic mass is 9.93. The average Bonchev–Trinajstić information content (AvgIpc) is 2.15. The number of allylic oxidation sites excluding steroid dienone is 1. The second kappa shape index (κ2) is 2.55. The Morgan fingerprint density at radius 2 is 1.77 bits per heavy atom. The molecule has 0 aromatic heterocycles. The number of Topliss-reactive ketones (excluding diaryl/α,β-unsaturated/α-hetero) is 1. The largest absolute Gasteiger partial charge is 0.398 e. The first-order valence-electron chi connectivity index (χ1n) is 3.90. The van der Waals surface area contributed by atoms with Crippen molar-refractivity contribution in [3.8, 4) is 0 Å². The van der Waals surface area contributed by atoms with Gasteiger partial charge in [0.15, 0.2) is 0 Å². The molecular weight excluding hydrogens is 164 g/mol. The topological polar surface area (TPSA) is 66.9 Å². The van der Waals surface area contributed by atoms with Crippen molar-refractivity contribution in [2.45, 2.75) is 0 Å². The zero-order valence-electron chi connectivity index (χ0n) is 6.87. The Balaban J connectivity index is 2.72. The van der Waals surface area contributed by atoms with Crippen LogP contribution in [0, 0.1) is 5.41 Å². The zero-order valence-corrected chi connectivity index (χ0v) is 6.87. The fourth-order valence-corrected chi connectivity index (χ4v) is 1.38. The van der Waals surface area contributed by atoms with Crippen molar-refractivity contribution >= 4 is 17.2 Å². The zero-order chi connectivity index (χ0) is 9.42. The minimum absolute atomic E-state index is 0.0452. The molecule has 0 amide bonds. The first kappa shape index (κ1) is 7.73. The molecule has 1 aliphatic carbocycles. The molecule has 3 heteroatoms. The van der Waals surface area contributed by atoms with Crippen LogP contribution >= 0.6 is 0 Å². The Morgan fingerprint density at radius 3 is 2.46 bits per heavy atom. The molecule has 0 bridgehead atoms. The van der Waals surface area contributed by atoms with E-state index in [1.165, 1.54) is 6.08 Å². The van der Waals surface area contributed by atoms with Crippen molar-refractivity contribution in [2.24, 2.45) is 5.73 Å². The highest BCUT2D eigenvalue weighted by Crippen LogP contribution is 2.20. The minimum Gasteiger partial charge on any atom is -0.398 e. The second-order valence-corrected chi connectivity index (χ2v) is 2.89. The molecule has 1 aliphatic rings. The molecule has 2 rings (SSSR count). The number of benzene rings is 1. The fourth-order valence-electron chi connectivity index (χ4n) is 1.38. The van der Waals surface area contributed by atoms with Crippen molar-refractivity contribution in [1.82, 2.24) is 0 Å². The van der Waals surface area contributed by atoms with Crippen molar-refractivity contribution in [3.05, 3.63) is 41.5 Å². The van der Waals surface area contributed by atoms with Gasteiger partial charge in [-0.25, -0.2) is 0 Å². The van der Waals surface area contributed by atoms with Crippen LogP contribution in [0.5, 0.6) is 0 Å². The summed E-state index contributed by atoms with van der Waals surface area (Å²) >= 11 is 0. The summed E-state index contributed by atoms with van der Waals surface area (Å²) in [6, 6.07) is 7.06. The molecule has 0 fully saturated rings. The number of hydrogen-bond acceptors (Lipinski definition) is 3. The quantitative estimate of drug-likeness (QED) is 0.617. The molecule has 0 saturated carbocycles. The van der Waals surface area contributed by atoms with Crippen LogP contribution in [0.15, 0.2) is 30.3 Å². The standard InChI is InChI=1S/C10H8N2O/c11-8-5-9(12)10(13)7-4-2-1-3-6(7)8/h1-5,12H,11H2. The number of carbonyl (C=O) groups is 1. The molecule has 0 spiro atoms. The smallest absolute Gasteiger partial charge is 0.211 e. The summed E-state index contributed by atoms with van der Waals surface area (Å²) < 4.78 is 0. The number of carbonyl (C=O) groups excluding carboxylic acids is 1. The molecular formula is C10H8N2O. The van der Waals surface area contributed by atoms with E-state index in [0.717, 1.165) is 5.56 Å². The van der Waals surface area contributed by atoms with Gasteiger partial charge in [-0.1, -0.05) is 24.3 Å². The van der Waals surface area contributed by atoms with Gasteiger partial charge in [-0.05, 0) is 6.08 Å². The molecule has 3 nitrogen and oxygen atoms in total. The van der Waals surface area contributed by atoms with Crippen LogP contribution in [0.4, 0.5) is 0 Å². The van der Waals surface area contributed by atoms with E-state index in [-0.39, 0.29) is 11.5 Å². The van der Waals surface area contributed by atoms with Gasteiger partial charge in [0, 0.05) is 16.8 Å². The highest BCUT2D eigenvalue weighted by molar-refractivity contribution is 6.51. The van der Waals surface area contributed by atoms with Crippen molar-refractivity contribution in [1.29, 1.82) is 5.41 Å². The van der Waals surface area contributed by atoms with Gasteiger partial charge in [0.2, 0.25) is 5.78 Å². The Labute approximate surface area is 75.4 Å². The third-order valence-electron chi connectivity index (χ3n) is 2.03. The van der Waals surface area contributed by atoms with Crippen LogP contribution in [-0.2, 0) is 0 Å². The van der Waals surface area contributed by atoms with Crippen LogP contribution in [0.25, 0.3) is 5.70 Å². The number of nitrogens with one attached hydrogen (secondary N) is 1. The lowest BCUT2D eigenvalue weighted by Crippen LogP contribution is -2.20. The first-order valence-corrected chi connectivity index (χ1v) is 3.90. The number of hydrogen-bond donors (Lipinski definition) is 2. The molecule has 0 unspecified atom stereocenters. The fraction of sp³-hybridized carbons (Fsp3) is 0. The molecule has 0 heterocycles. The lowest BCUT2D eigenvalue weighted by Gasteiger charge is -2.13. The summed E-state index contributed by atoms with van der Waals surface area (Å²) in [5, 5.41) is 7.35. The predicted molar refractivity (Wildman–Crippen MR) is 50.7 cm³/mol. The van der Waals surface area contributed by atoms with E-state index in [1.807, 2.05) is 6.07 Å². The molecule has 0 radical (unpaired) electrons. The predicted octanol–water partition coefficient (Wildman–Crippen LogP) is 1.20. The highest BCUT2D eigenvalue weighted by Gasteiger charge is 2.20. The van der Waals surface area contributed by atoms with E-state index in [1.54, 1.807) is 18.2 Å². The molecule has 3 N–H and O–H groups in total. The molecule has 0 aliphatic heterocycles. The van der Waals surface area contributed by atoms with Gasteiger partial charge in [-0.3, -0.25) is 10.2 Å². The normalized spacial score (nSPS) is 15.2. The Kier molecular flexibility index (Phi) is 1.52. The van der Waals surface area contributed by atoms with Crippen molar-refractivity contribution in [2.75, 3.05) is 0 Å². The molecule has 0 saturated heterocycles. The number of rotatable bonds is 0. The highest BCUT2D eigenvalue weighted by atomic mass is 16.1. The Morgan fingerprint density at radius 1 is 1.15 bits per heavy atom. The van der Waals surface area contributed by atoms with Crippen LogP contribution in [0.2, 0.25) is 0 Å². The van der Waals surface area contributed by atoms with Gasteiger partial charge >= 0.3 is 0 Å². The van der Waals surface area contributed by atoms with Gasteiger partial charge in [0.05, 0.1) is 0 Å². The van der Waals surface area contributed by atoms with E-state index in [0.29, 0.717) is 11.3 Å². The lowest BCUT2D eigenvalue weighted by molar-refractivity contribution is 0.106. The van der Waals surface area contributed by atoms with Crippen molar-refractivity contribution < 1.29 is 4.79 Å². The third-order valence-corrected chi connectivity index (χ3v) is 2.03. The molecule has 64 valence electrons. The van der Waals surface area contributed by atoms with Crippen LogP contribution < -0.4 is 5.73 Å². The van der Waals surface area contributed by atoms with Gasteiger partial charge in [-0.2, -0.15) is 0 Å².